The molecule has 4 heterocycles. The van der Waals surface area contributed by atoms with E-state index < -0.39 is 0 Å². The Morgan fingerprint density at radius 2 is 2.29 bits per heavy atom. The lowest BCUT2D eigenvalue weighted by atomic mass is 10.3. The van der Waals surface area contributed by atoms with Crippen LogP contribution in [0.1, 0.15) is 0 Å². The summed E-state index contributed by atoms with van der Waals surface area (Å²) in [5.74, 6) is 0. The van der Waals surface area contributed by atoms with Gasteiger partial charge in [-0.3, -0.25) is 4.79 Å². The number of nitrogens with one attached hydrogen (secondary N) is 1. The Bertz CT molecular complexity index is 920. The molecular weight excluding hydrogens is 256 g/mol. The standard InChI is InChI=1S/C10H4N4OS2/c15-9-8-7(12-14-13-9)4-3-6-5(1-2-16-6)11-10(4)17-8/h1-3H,(H,12,13,15). The number of H-pyrrole nitrogens is 1. The smallest absolute Gasteiger partial charge is 0.266 e. The van der Waals surface area contributed by atoms with Crippen molar-refractivity contribution in [2.75, 3.05) is 0 Å². The second-order valence-corrected chi connectivity index (χ2v) is 5.51. The third-order valence-corrected chi connectivity index (χ3v) is 4.52. The van der Waals surface area contributed by atoms with Crippen molar-refractivity contribution in [3.05, 3.63) is 27.9 Å². The molecule has 0 saturated carbocycles. The van der Waals surface area contributed by atoms with Crippen molar-refractivity contribution in [3.8, 4) is 0 Å². The van der Waals surface area contributed by atoms with Crippen LogP contribution in [0.15, 0.2) is 22.3 Å². The molecule has 0 amide bonds. The van der Waals surface area contributed by atoms with E-state index in [1.54, 1.807) is 11.3 Å². The molecule has 4 rings (SSSR count). The molecule has 0 spiro atoms. The predicted octanol–water partition coefficient (Wildman–Crippen LogP) is 2.14. The van der Waals surface area contributed by atoms with Crippen LogP contribution in [0.25, 0.3) is 30.6 Å². The Morgan fingerprint density at radius 1 is 1.35 bits per heavy atom. The van der Waals surface area contributed by atoms with Crippen LogP contribution >= 0.6 is 22.7 Å². The number of nitrogens with zero attached hydrogens (tertiary/aromatic N) is 3. The Hall–Kier alpha value is -1.86. The molecule has 0 aliphatic rings. The third-order valence-electron chi connectivity index (χ3n) is 2.58. The molecule has 0 bridgehead atoms. The first-order valence-corrected chi connectivity index (χ1v) is 6.54. The molecule has 0 aromatic carbocycles. The maximum Gasteiger partial charge on any atom is 0.285 e. The molecule has 0 atom stereocenters. The van der Waals surface area contributed by atoms with Crippen LogP contribution in [0, 0.1) is 0 Å². The summed E-state index contributed by atoms with van der Waals surface area (Å²) >= 11 is 2.98. The number of aromatic amines is 1. The van der Waals surface area contributed by atoms with Crippen LogP contribution < -0.4 is 5.56 Å². The molecule has 17 heavy (non-hydrogen) atoms. The zero-order chi connectivity index (χ0) is 11.4. The van der Waals surface area contributed by atoms with Gasteiger partial charge in [-0.2, -0.15) is 0 Å². The van der Waals surface area contributed by atoms with Crippen LogP contribution in [-0.2, 0) is 0 Å². The van der Waals surface area contributed by atoms with Gasteiger partial charge in [0.05, 0.1) is 10.2 Å². The molecule has 4 aromatic heterocycles. The monoisotopic (exact) mass is 260 g/mol. The van der Waals surface area contributed by atoms with E-state index >= 15 is 0 Å². The van der Waals surface area contributed by atoms with Gasteiger partial charge in [-0.15, -0.1) is 27.8 Å². The van der Waals surface area contributed by atoms with E-state index in [0.29, 0.717) is 10.2 Å². The quantitative estimate of drug-likeness (QED) is 0.526. The van der Waals surface area contributed by atoms with Gasteiger partial charge in [-0.05, 0) is 17.5 Å². The van der Waals surface area contributed by atoms with Crippen molar-refractivity contribution in [2.24, 2.45) is 0 Å². The summed E-state index contributed by atoms with van der Waals surface area (Å²) in [6, 6.07) is 4.00. The maximum atomic E-state index is 11.6. The SMILES string of the molecule is O=c1[nH]nnc2c1sc1nc3ccsc3cc12. The fraction of sp³-hybridized carbons (Fsp3) is 0. The van der Waals surface area contributed by atoms with Gasteiger partial charge in [0.1, 0.15) is 15.0 Å². The second-order valence-electron chi connectivity index (χ2n) is 3.57. The predicted molar refractivity (Wildman–Crippen MR) is 68.7 cm³/mol. The highest BCUT2D eigenvalue weighted by Gasteiger charge is 2.12. The lowest BCUT2D eigenvalue weighted by molar-refractivity contribution is 0.876. The first-order valence-electron chi connectivity index (χ1n) is 4.85. The molecule has 0 radical (unpaired) electrons. The fourth-order valence-electron chi connectivity index (χ4n) is 1.82. The minimum atomic E-state index is -0.207. The van der Waals surface area contributed by atoms with Gasteiger partial charge >= 0.3 is 0 Å². The van der Waals surface area contributed by atoms with Crippen LogP contribution in [0.3, 0.4) is 0 Å². The van der Waals surface area contributed by atoms with Gasteiger partial charge in [-0.25, -0.2) is 10.1 Å². The zero-order valence-corrected chi connectivity index (χ0v) is 9.93. The highest BCUT2D eigenvalue weighted by Crippen LogP contribution is 2.32. The molecule has 0 aliphatic heterocycles. The Balaban J connectivity index is 2.35. The number of fused-ring (bicyclic) bond motifs is 4. The van der Waals surface area contributed by atoms with Crippen molar-refractivity contribution in [2.45, 2.75) is 0 Å². The molecule has 82 valence electrons. The van der Waals surface area contributed by atoms with Gasteiger partial charge in [0.15, 0.2) is 0 Å². The Labute approximate surface area is 102 Å². The largest absolute Gasteiger partial charge is 0.285 e. The van der Waals surface area contributed by atoms with E-state index in [0.717, 1.165) is 20.4 Å². The van der Waals surface area contributed by atoms with Gasteiger partial charge < -0.3 is 0 Å². The van der Waals surface area contributed by atoms with E-state index in [9.17, 15) is 4.79 Å². The van der Waals surface area contributed by atoms with Crippen molar-refractivity contribution in [1.82, 2.24) is 20.4 Å². The summed E-state index contributed by atoms with van der Waals surface area (Å²) in [5.41, 5.74) is 1.39. The molecule has 5 nitrogen and oxygen atoms in total. The average Bonchev–Trinajstić information content (AvgIpc) is 2.90. The van der Waals surface area contributed by atoms with Crippen LogP contribution in [0.5, 0.6) is 0 Å². The van der Waals surface area contributed by atoms with Crippen LogP contribution in [-0.4, -0.2) is 20.4 Å². The van der Waals surface area contributed by atoms with Crippen molar-refractivity contribution in [1.29, 1.82) is 0 Å². The highest BCUT2D eigenvalue weighted by atomic mass is 32.1. The third kappa shape index (κ3) is 1.17. The number of pyridine rings is 1. The van der Waals surface area contributed by atoms with E-state index in [-0.39, 0.29) is 5.56 Å². The number of hydrogen-bond donors (Lipinski definition) is 1. The fourth-order valence-corrected chi connectivity index (χ4v) is 3.57. The molecule has 0 unspecified atom stereocenters. The summed E-state index contributed by atoms with van der Waals surface area (Å²) in [4.78, 5) is 17.0. The zero-order valence-electron chi connectivity index (χ0n) is 8.30. The van der Waals surface area contributed by atoms with Crippen LogP contribution in [0.4, 0.5) is 0 Å². The Kier molecular flexibility index (Phi) is 1.67. The molecule has 7 heteroatoms. The first-order chi connectivity index (χ1) is 8.33. The number of thiophene rings is 2. The van der Waals surface area contributed by atoms with Gasteiger partial charge in [0.25, 0.3) is 5.56 Å². The van der Waals surface area contributed by atoms with Gasteiger partial charge in [-0.1, -0.05) is 5.21 Å². The lowest BCUT2D eigenvalue weighted by Crippen LogP contribution is -2.07. The van der Waals surface area contributed by atoms with E-state index in [1.165, 1.54) is 11.3 Å². The minimum absolute atomic E-state index is 0.207. The van der Waals surface area contributed by atoms with Crippen LogP contribution in [0.2, 0.25) is 0 Å². The topological polar surface area (TPSA) is 71.5 Å². The molecule has 0 fully saturated rings. The summed E-state index contributed by atoms with van der Waals surface area (Å²) in [5, 5.41) is 12.8. The summed E-state index contributed by atoms with van der Waals surface area (Å²) in [7, 11) is 0. The van der Waals surface area contributed by atoms with Crippen molar-refractivity contribution < 1.29 is 0 Å². The van der Waals surface area contributed by atoms with E-state index in [4.69, 9.17) is 0 Å². The first kappa shape index (κ1) is 9.20. The summed E-state index contributed by atoms with van der Waals surface area (Å²) < 4.78 is 1.68. The highest BCUT2D eigenvalue weighted by molar-refractivity contribution is 7.25. The van der Waals surface area contributed by atoms with Crippen molar-refractivity contribution in [3.63, 3.8) is 0 Å². The average molecular weight is 260 g/mol. The lowest BCUT2D eigenvalue weighted by Gasteiger charge is -1.90. The normalized spacial score (nSPS) is 11.8. The number of aromatic nitrogens is 4. The second kappa shape index (κ2) is 3.08. The molecule has 4 aromatic rings. The van der Waals surface area contributed by atoms with Crippen molar-refractivity contribution >= 4 is 53.3 Å². The van der Waals surface area contributed by atoms with E-state index in [2.05, 4.69) is 20.4 Å². The Morgan fingerprint density at radius 3 is 3.24 bits per heavy atom. The van der Waals surface area contributed by atoms with E-state index in [1.807, 2.05) is 17.5 Å². The molecular formula is C10H4N4OS2. The molecule has 0 saturated heterocycles. The minimum Gasteiger partial charge on any atom is -0.266 e. The van der Waals surface area contributed by atoms with Gasteiger partial charge in [0.2, 0.25) is 0 Å². The summed E-state index contributed by atoms with van der Waals surface area (Å²) in [6.07, 6.45) is 0. The van der Waals surface area contributed by atoms with Gasteiger partial charge in [0, 0.05) is 5.39 Å². The molecule has 1 N–H and O–H groups in total. The number of rotatable bonds is 0. The molecule has 0 aliphatic carbocycles. The number of hydrogen-bond acceptors (Lipinski definition) is 6. The summed E-state index contributed by atoms with van der Waals surface area (Å²) in [6.45, 7) is 0. The maximum absolute atomic E-state index is 11.6.